The molecule has 2 rings (SSSR count). The Kier molecular flexibility index (Phi) is 5.42. The average Bonchev–Trinajstić information content (AvgIpc) is 2.41. The average molecular weight is 374 g/mol. The molecule has 0 aliphatic carbocycles. The first kappa shape index (κ1) is 15.7. The second-order valence-corrected chi connectivity index (χ2v) is 6.10. The second-order valence-electron chi connectivity index (χ2n) is 4.53. The normalized spacial score (nSPS) is 11.1. The lowest BCUT2D eigenvalue weighted by Gasteiger charge is -2.14. The Morgan fingerprint density at radius 2 is 1.60 bits per heavy atom. The van der Waals surface area contributed by atoms with Gasteiger partial charge in [-0.1, -0.05) is 71.2 Å². The van der Waals surface area contributed by atoms with Gasteiger partial charge in [0.2, 0.25) is 0 Å². The number of hydrogen-bond acceptors (Lipinski definition) is 2. The van der Waals surface area contributed by atoms with Crippen molar-refractivity contribution in [2.24, 2.45) is 0 Å². The molecule has 0 bridgehead atoms. The van der Waals surface area contributed by atoms with E-state index in [1.807, 2.05) is 24.3 Å². The first-order chi connectivity index (χ1) is 9.58. The molecule has 0 N–H and O–H groups in total. The topological polar surface area (TPSA) is 25.8 Å². The Morgan fingerprint density at radius 1 is 1.05 bits per heavy atom. The molecule has 0 saturated carbocycles. The maximum absolute atomic E-state index is 6.34. The zero-order valence-corrected chi connectivity index (χ0v) is 14.4. The fourth-order valence-corrected chi connectivity index (χ4v) is 3.23. The Morgan fingerprint density at radius 3 is 2.10 bits per heavy atom. The van der Waals surface area contributed by atoms with E-state index in [2.05, 4.69) is 39.7 Å². The van der Waals surface area contributed by atoms with Crippen LogP contribution in [0.3, 0.4) is 0 Å². The highest BCUT2D eigenvalue weighted by Crippen LogP contribution is 2.37. The van der Waals surface area contributed by atoms with Gasteiger partial charge in [0, 0.05) is 16.0 Å². The Bertz CT molecular complexity index is 590. The molecule has 0 spiro atoms. The van der Waals surface area contributed by atoms with E-state index >= 15 is 0 Å². The lowest BCUT2D eigenvalue weighted by Crippen LogP contribution is -2.04. The minimum atomic E-state index is 0.290. The smallest absolute Gasteiger partial charge is 0.142 e. The molecule has 0 saturated heterocycles. The molecule has 20 heavy (non-hydrogen) atoms. The Labute approximate surface area is 137 Å². The van der Waals surface area contributed by atoms with Crippen LogP contribution >= 0.6 is 39.1 Å². The minimum Gasteiger partial charge on any atom is -0.220 e. The predicted octanol–water partition coefficient (Wildman–Crippen LogP) is 6.12. The van der Waals surface area contributed by atoms with E-state index in [0.29, 0.717) is 21.8 Å². The summed E-state index contributed by atoms with van der Waals surface area (Å²) in [6.45, 7) is 4.22. The molecule has 1 heterocycles. The van der Waals surface area contributed by atoms with Crippen LogP contribution in [0.4, 0.5) is 0 Å². The van der Waals surface area contributed by atoms with Gasteiger partial charge in [0.15, 0.2) is 0 Å². The Balaban J connectivity index is 2.55. The number of nitrogens with zero attached hydrogens (tertiary/aromatic N) is 2. The molecule has 0 unspecified atom stereocenters. The summed E-state index contributed by atoms with van der Waals surface area (Å²) >= 11 is 16.2. The lowest BCUT2D eigenvalue weighted by atomic mass is 10.0. The van der Waals surface area contributed by atoms with Gasteiger partial charge >= 0.3 is 0 Å². The number of benzene rings is 1. The van der Waals surface area contributed by atoms with Crippen LogP contribution in [0, 0.1) is 0 Å². The van der Waals surface area contributed by atoms with Crippen LogP contribution in [0.5, 0.6) is 0 Å². The van der Waals surface area contributed by atoms with Crippen molar-refractivity contribution in [1.29, 1.82) is 0 Å². The van der Waals surface area contributed by atoms with Crippen molar-refractivity contribution in [2.75, 3.05) is 0 Å². The standard InChI is InChI=1S/C15H15BrCl2N2/c1-3-9(4-2)15-19-13(17)12(14(18)20-15)10-7-5-6-8-11(10)16/h5-9H,3-4H2,1-2H3. The van der Waals surface area contributed by atoms with E-state index in [-0.39, 0.29) is 0 Å². The number of halogens is 3. The van der Waals surface area contributed by atoms with Gasteiger partial charge in [-0.15, -0.1) is 0 Å². The minimum absolute atomic E-state index is 0.290. The van der Waals surface area contributed by atoms with Gasteiger partial charge in [-0.2, -0.15) is 0 Å². The van der Waals surface area contributed by atoms with Crippen LogP contribution in [0.1, 0.15) is 38.4 Å². The maximum Gasteiger partial charge on any atom is 0.142 e. The molecule has 2 aromatic rings. The molecule has 0 aliphatic heterocycles. The third kappa shape index (κ3) is 3.16. The SMILES string of the molecule is CCC(CC)c1nc(Cl)c(-c2ccccc2Br)c(Cl)n1. The highest BCUT2D eigenvalue weighted by Gasteiger charge is 2.18. The van der Waals surface area contributed by atoms with Crippen LogP contribution in [0.2, 0.25) is 10.3 Å². The van der Waals surface area contributed by atoms with E-state index < -0.39 is 0 Å². The molecule has 1 aromatic carbocycles. The summed E-state index contributed by atoms with van der Waals surface area (Å²) in [5, 5.41) is 0.803. The number of aromatic nitrogens is 2. The van der Waals surface area contributed by atoms with Gasteiger partial charge in [-0.05, 0) is 18.9 Å². The van der Waals surface area contributed by atoms with E-state index in [1.165, 1.54) is 0 Å². The Hall–Kier alpha value is -0.640. The second kappa shape index (κ2) is 6.88. The molecular formula is C15H15BrCl2N2. The summed E-state index contributed by atoms with van der Waals surface area (Å²) in [6.07, 6.45) is 1.94. The third-order valence-corrected chi connectivity index (χ3v) is 4.57. The number of hydrogen-bond donors (Lipinski definition) is 0. The first-order valence-electron chi connectivity index (χ1n) is 6.56. The van der Waals surface area contributed by atoms with E-state index in [0.717, 1.165) is 28.7 Å². The summed E-state index contributed by atoms with van der Waals surface area (Å²) in [6, 6.07) is 7.75. The van der Waals surface area contributed by atoms with Gasteiger partial charge < -0.3 is 0 Å². The van der Waals surface area contributed by atoms with Gasteiger partial charge in [-0.25, -0.2) is 9.97 Å². The molecule has 106 valence electrons. The molecule has 0 radical (unpaired) electrons. The lowest BCUT2D eigenvalue weighted by molar-refractivity contribution is 0.602. The fourth-order valence-electron chi connectivity index (χ4n) is 2.15. The number of rotatable bonds is 4. The van der Waals surface area contributed by atoms with Crippen molar-refractivity contribution < 1.29 is 0 Å². The summed E-state index contributed by atoms with van der Waals surface area (Å²) in [7, 11) is 0. The predicted molar refractivity (Wildman–Crippen MR) is 88.5 cm³/mol. The quantitative estimate of drug-likeness (QED) is 0.603. The van der Waals surface area contributed by atoms with Crippen LogP contribution in [-0.2, 0) is 0 Å². The van der Waals surface area contributed by atoms with Crippen LogP contribution in [-0.4, -0.2) is 9.97 Å². The molecule has 5 heteroatoms. The highest BCUT2D eigenvalue weighted by atomic mass is 79.9. The van der Waals surface area contributed by atoms with Crippen molar-refractivity contribution in [1.82, 2.24) is 9.97 Å². The molecular weight excluding hydrogens is 359 g/mol. The van der Waals surface area contributed by atoms with Crippen molar-refractivity contribution in [3.63, 3.8) is 0 Å². The van der Waals surface area contributed by atoms with Crippen molar-refractivity contribution in [2.45, 2.75) is 32.6 Å². The summed E-state index contributed by atoms with van der Waals surface area (Å²) < 4.78 is 0.919. The van der Waals surface area contributed by atoms with Gasteiger partial charge in [0.05, 0.1) is 5.56 Å². The monoisotopic (exact) mass is 372 g/mol. The van der Waals surface area contributed by atoms with Crippen molar-refractivity contribution in [3.8, 4) is 11.1 Å². The first-order valence-corrected chi connectivity index (χ1v) is 8.11. The zero-order valence-electron chi connectivity index (χ0n) is 11.3. The molecule has 0 atom stereocenters. The van der Waals surface area contributed by atoms with Gasteiger partial charge in [0.1, 0.15) is 16.1 Å². The maximum atomic E-state index is 6.34. The largest absolute Gasteiger partial charge is 0.220 e. The van der Waals surface area contributed by atoms with Crippen molar-refractivity contribution >= 4 is 39.1 Å². The molecule has 2 nitrogen and oxygen atoms in total. The summed E-state index contributed by atoms with van der Waals surface area (Å²) in [5.41, 5.74) is 1.58. The van der Waals surface area contributed by atoms with Crippen LogP contribution in [0.25, 0.3) is 11.1 Å². The van der Waals surface area contributed by atoms with Gasteiger partial charge in [-0.3, -0.25) is 0 Å². The molecule has 0 aliphatic rings. The van der Waals surface area contributed by atoms with E-state index in [4.69, 9.17) is 23.2 Å². The zero-order chi connectivity index (χ0) is 14.7. The highest BCUT2D eigenvalue weighted by molar-refractivity contribution is 9.10. The molecule has 0 fully saturated rings. The van der Waals surface area contributed by atoms with E-state index in [1.54, 1.807) is 0 Å². The third-order valence-electron chi connectivity index (χ3n) is 3.33. The van der Waals surface area contributed by atoms with Crippen LogP contribution in [0.15, 0.2) is 28.7 Å². The van der Waals surface area contributed by atoms with E-state index in [9.17, 15) is 0 Å². The molecule has 1 aromatic heterocycles. The summed E-state index contributed by atoms with van der Waals surface area (Å²) in [5.74, 6) is 1.01. The fraction of sp³-hybridized carbons (Fsp3) is 0.333. The summed E-state index contributed by atoms with van der Waals surface area (Å²) in [4.78, 5) is 8.89. The van der Waals surface area contributed by atoms with Gasteiger partial charge in [0.25, 0.3) is 0 Å². The molecule has 0 amide bonds. The van der Waals surface area contributed by atoms with Crippen LogP contribution < -0.4 is 0 Å². The van der Waals surface area contributed by atoms with Crippen molar-refractivity contribution in [3.05, 3.63) is 44.9 Å².